The number of carbonyl (C=O) groups is 1. The van der Waals surface area contributed by atoms with Crippen molar-refractivity contribution in [3.63, 3.8) is 0 Å². The van der Waals surface area contributed by atoms with E-state index in [1.807, 2.05) is 29.2 Å². The summed E-state index contributed by atoms with van der Waals surface area (Å²) >= 11 is 0. The quantitative estimate of drug-likeness (QED) is 0.780. The minimum Gasteiger partial charge on any atom is -0.341 e. The molecular weight excluding hydrogens is 212 g/mol. The third-order valence-corrected chi connectivity index (χ3v) is 3.37. The summed E-state index contributed by atoms with van der Waals surface area (Å²) < 4.78 is 0. The maximum atomic E-state index is 12.1. The van der Waals surface area contributed by atoms with Crippen LogP contribution in [0.5, 0.6) is 0 Å². The number of amides is 1. The van der Waals surface area contributed by atoms with Crippen LogP contribution >= 0.6 is 0 Å². The predicted molar refractivity (Wildman–Crippen MR) is 67.7 cm³/mol. The van der Waals surface area contributed by atoms with Crippen molar-refractivity contribution >= 4 is 5.91 Å². The smallest absolute Gasteiger partial charge is 0.227 e. The number of likely N-dealkylation sites (N-methyl/N-ethyl adjacent to an activating group) is 1. The van der Waals surface area contributed by atoms with Crippen molar-refractivity contribution in [3.8, 4) is 0 Å². The molecule has 0 bridgehead atoms. The minimum atomic E-state index is 0.231. The van der Waals surface area contributed by atoms with Gasteiger partial charge in [-0.3, -0.25) is 4.79 Å². The van der Waals surface area contributed by atoms with Crippen LogP contribution < -0.4 is 0 Å². The largest absolute Gasteiger partial charge is 0.341 e. The van der Waals surface area contributed by atoms with Gasteiger partial charge in [0.1, 0.15) is 0 Å². The van der Waals surface area contributed by atoms with Crippen molar-refractivity contribution in [2.75, 3.05) is 27.2 Å². The number of hydrogen-bond donors (Lipinski definition) is 0. The molecule has 1 aliphatic rings. The standard InChI is InChI=1S/C14H19N2O/c1-15(2)13-8-9-16(11-13)14(17)10-12-6-4-3-5-7-12/h3-4,6-7,13H,8-11H2,1-2H3/t13-/m1/s1. The van der Waals surface area contributed by atoms with Crippen LogP contribution in [0, 0.1) is 6.07 Å². The molecule has 0 saturated carbocycles. The Balaban J connectivity index is 1.90. The van der Waals surface area contributed by atoms with Crippen LogP contribution in [0.3, 0.4) is 0 Å². The van der Waals surface area contributed by atoms with Gasteiger partial charge in [0.25, 0.3) is 0 Å². The lowest BCUT2D eigenvalue weighted by molar-refractivity contribution is -0.129. The van der Waals surface area contributed by atoms with Crippen molar-refractivity contribution in [3.05, 3.63) is 35.9 Å². The fourth-order valence-electron chi connectivity index (χ4n) is 2.22. The van der Waals surface area contributed by atoms with Gasteiger partial charge in [0.15, 0.2) is 0 Å². The zero-order valence-electron chi connectivity index (χ0n) is 10.5. The van der Waals surface area contributed by atoms with E-state index in [1.54, 1.807) is 0 Å². The number of benzene rings is 1. The van der Waals surface area contributed by atoms with Gasteiger partial charge in [0, 0.05) is 19.1 Å². The van der Waals surface area contributed by atoms with E-state index in [0.717, 1.165) is 25.1 Å². The Morgan fingerprint density at radius 3 is 3.00 bits per heavy atom. The number of rotatable bonds is 3. The first-order chi connectivity index (χ1) is 8.16. The van der Waals surface area contributed by atoms with E-state index < -0.39 is 0 Å². The number of nitrogens with zero attached hydrogens (tertiary/aromatic N) is 2. The van der Waals surface area contributed by atoms with Gasteiger partial charge in [-0.05, 0) is 32.1 Å². The molecule has 1 fully saturated rings. The van der Waals surface area contributed by atoms with E-state index in [0.29, 0.717) is 12.5 Å². The van der Waals surface area contributed by atoms with E-state index in [2.05, 4.69) is 25.1 Å². The van der Waals surface area contributed by atoms with Crippen LogP contribution in [0.25, 0.3) is 0 Å². The van der Waals surface area contributed by atoms with Gasteiger partial charge in [0.2, 0.25) is 5.91 Å². The highest BCUT2D eigenvalue weighted by Gasteiger charge is 2.27. The Bertz CT molecular complexity index is 375. The van der Waals surface area contributed by atoms with Crippen molar-refractivity contribution in [1.29, 1.82) is 0 Å². The zero-order valence-corrected chi connectivity index (χ0v) is 10.5. The molecule has 1 saturated heterocycles. The topological polar surface area (TPSA) is 23.6 Å². The van der Waals surface area contributed by atoms with Crippen molar-refractivity contribution in [1.82, 2.24) is 9.80 Å². The molecule has 2 rings (SSSR count). The highest BCUT2D eigenvalue weighted by molar-refractivity contribution is 5.79. The second-order valence-corrected chi connectivity index (χ2v) is 4.83. The highest BCUT2D eigenvalue weighted by Crippen LogP contribution is 2.14. The van der Waals surface area contributed by atoms with E-state index in [1.165, 1.54) is 0 Å². The zero-order chi connectivity index (χ0) is 12.3. The molecule has 0 aromatic heterocycles. The Hall–Kier alpha value is -1.35. The summed E-state index contributed by atoms with van der Waals surface area (Å²) in [6, 6.07) is 11.2. The lowest BCUT2D eigenvalue weighted by Crippen LogP contribution is -2.35. The van der Waals surface area contributed by atoms with Gasteiger partial charge in [-0.2, -0.15) is 0 Å². The average Bonchev–Trinajstić information content (AvgIpc) is 2.79. The summed E-state index contributed by atoms with van der Waals surface area (Å²) in [5.74, 6) is 0.231. The Morgan fingerprint density at radius 1 is 1.59 bits per heavy atom. The van der Waals surface area contributed by atoms with Gasteiger partial charge in [0.05, 0.1) is 6.42 Å². The second kappa shape index (κ2) is 5.32. The minimum absolute atomic E-state index is 0.231. The molecule has 0 spiro atoms. The third kappa shape index (κ3) is 3.07. The van der Waals surface area contributed by atoms with Crippen LogP contribution in [-0.4, -0.2) is 48.9 Å². The molecule has 0 aliphatic carbocycles. The SMILES string of the molecule is CN(C)[C@@H]1CCN(C(=O)Cc2c[c]ccc2)C1. The molecule has 1 radical (unpaired) electrons. The number of hydrogen-bond acceptors (Lipinski definition) is 2. The van der Waals surface area contributed by atoms with Crippen LogP contribution in [-0.2, 0) is 11.2 Å². The molecule has 0 N–H and O–H groups in total. The summed E-state index contributed by atoms with van der Waals surface area (Å²) in [5, 5.41) is 0. The first-order valence-corrected chi connectivity index (χ1v) is 6.06. The molecule has 1 aromatic carbocycles. The monoisotopic (exact) mass is 231 g/mol. The fraction of sp³-hybridized carbons (Fsp3) is 0.500. The third-order valence-electron chi connectivity index (χ3n) is 3.37. The molecule has 1 aliphatic heterocycles. The van der Waals surface area contributed by atoms with E-state index in [-0.39, 0.29) is 5.91 Å². The van der Waals surface area contributed by atoms with E-state index in [9.17, 15) is 4.79 Å². The molecule has 1 heterocycles. The summed E-state index contributed by atoms with van der Waals surface area (Å²) in [5.41, 5.74) is 1.05. The Morgan fingerprint density at radius 2 is 2.41 bits per heavy atom. The Kier molecular flexibility index (Phi) is 3.79. The summed E-state index contributed by atoms with van der Waals surface area (Å²) in [6.45, 7) is 1.75. The molecule has 17 heavy (non-hydrogen) atoms. The molecule has 1 atom stereocenters. The molecule has 3 nitrogen and oxygen atoms in total. The maximum absolute atomic E-state index is 12.1. The van der Waals surface area contributed by atoms with Crippen molar-refractivity contribution < 1.29 is 4.79 Å². The van der Waals surface area contributed by atoms with Gasteiger partial charge in [-0.25, -0.2) is 0 Å². The van der Waals surface area contributed by atoms with Crippen LogP contribution in [0.15, 0.2) is 24.3 Å². The molecule has 1 amide bonds. The molecule has 91 valence electrons. The van der Waals surface area contributed by atoms with Crippen LogP contribution in [0.2, 0.25) is 0 Å². The average molecular weight is 231 g/mol. The van der Waals surface area contributed by atoms with Crippen LogP contribution in [0.1, 0.15) is 12.0 Å². The fourth-order valence-corrected chi connectivity index (χ4v) is 2.22. The van der Waals surface area contributed by atoms with Gasteiger partial charge in [-0.15, -0.1) is 0 Å². The van der Waals surface area contributed by atoms with Gasteiger partial charge < -0.3 is 9.80 Å². The first kappa shape index (κ1) is 12.1. The van der Waals surface area contributed by atoms with Crippen molar-refractivity contribution in [2.24, 2.45) is 0 Å². The highest BCUT2D eigenvalue weighted by atomic mass is 16.2. The van der Waals surface area contributed by atoms with Gasteiger partial charge >= 0.3 is 0 Å². The van der Waals surface area contributed by atoms with Gasteiger partial charge in [-0.1, -0.05) is 24.3 Å². The van der Waals surface area contributed by atoms with E-state index >= 15 is 0 Å². The number of likely N-dealkylation sites (tertiary alicyclic amines) is 1. The first-order valence-electron chi connectivity index (χ1n) is 6.06. The Labute approximate surface area is 103 Å². The summed E-state index contributed by atoms with van der Waals surface area (Å²) in [6.07, 6.45) is 1.58. The van der Waals surface area contributed by atoms with Crippen LogP contribution in [0.4, 0.5) is 0 Å². The molecule has 0 unspecified atom stereocenters. The molecule has 1 aromatic rings. The second-order valence-electron chi connectivity index (χ2n) is 4.83. The lowest BCUT2D eigenvalue weighted by atomic mass is 10.1. The van der Waals surface area contributed by atoms with Crippen molar-refractivity contribution in [2.45, 2.75) is 18.9 Å². The number of carbonyl (C=O) groups excluding carboxylic acids is 1. The maximum Gasteiger partial charge on any atom is 0.227 e. The summed E-state index contributed by atoms with van der Waals surface area (Å²) in [7, 11) is 4.15. The lowest BCUT2D eigenvalue weighted by Gasteiger charge is -2.20. The van der Waals surface area contributed by atoms with E-state index in [4.69, 9.17) is 0 Å². The summed E-state index contributed by atoms with van der Waals surface area (Å²) in [4.78, 5) is 16.2. The normalized spacial score (nSPS) is 19.9. The molecule has 3 heteroatoms. The molecular formula is C14H19N2O. The predicted octanol–water partition coefficient (Wildman–Crippen LogP) is 1.19.